The molecule has 8 heteroatoms. The Bertz CT molecular complexity index is 942. The maximum Gasteiger partial charge on any atom is 0.223 e. The smallest absolute Gasteiger partial charge is 0.223 e. The molecule has 1 fully saturated rings. The summed E-state index contributed by atoms with van der Waals surface area (Å²) in [6, 6.07) is 10.9. The number of aromatic nitrogens is 3. The topological polar surface area (TPSA) is 94.0 Å². The monoisotopic (exact) mass is 396 g/mol. The van der Waals surface area contributed by atoms with Crippen LogP contribution in [0.1, 0.15) is 25.7 Å². The maximum atomic E-state index is 14.9. The first-order valence-electron chi connectivity index (χ1n) is 9.17. The van der Waals surface area contributed by atoms with Crippen molar-refractivity contribution in [2.75, 3.05) is 16.4 Å². The van der Waals surface area contributed by atoms with E-state index in [1.165, 1.54) is 11.8 Å². The second-order valence-electron chi connectivity index (χ2n) is 6.72. The number of hydrogen-bond donors (Lipinski definition) is 2. The molecule has 28 heavy (non-hydrogen) atoms. The Morgan fingerprint density at radius 2 is 1.75 bits per heavy atom. The molecule has 0 aliphatic heterocycles. The van der Waals surface area contributed by atoms with Crippen LogP contribution in [0.4, 0.5) is 27.7 Å². The first-order valence-corrected chi connectivity index (χ1v) is 9.98. The van der Waals surface area contributed by atoms with E-state index in [0.29, 0.717) is 16.5 Å². The van der Waals surface area contributed by atoms with E-state index in [2.05, 4.69) is 15.0 Å². The van der Waals surface area contributed by atoms with Crippen LogP contribution in [-0.2, 0) is 0 Å². The van der Waals surface area contributed by atoms with Gasteiger partial charge in [-0.3, -0.25) is 4.98 Å². The van der Waals surface area contributed by atoms with Crippen molar-refractivity contribution in [3.8, 4) is 0 Å². The zero-order chi connectivity index (χ0) is 19.5. The molecule has 2 aromatic heterocycles. The molecule has 1 aromatic carbocycles. The van der Waals surface area contributed by atoms with Crippen molar-refractivity contribution in [1.29, 1.82) is 0 Å². The lowest BCUT2D eigenvalue weighted by atomic mass is 10.1. The number of nitrogen functional groups attached to an aromatic ring is 2. The Balaban J connectivity index is 1.69. The number of halogens is 1. The predicted molar refractivity (Wildman–Crippen MR) is 110 cm³/mol. The normalized spacial score (nSPS) is 14.3. The molecule has 0 bridgehead atoms. The molecule has 6 nitrogen and oxygen atoms in total. The fraction of sp³-hybridized carbons (Fsp3) is 0.250. The van der Waals surface area contributed by atoms with Crippen molar-refractivity contribution in [2.24, 2.45) is 0 Å². The van der Waals surface area contributed by atoms with Crippen molar-refractivity contribution in [1.82, 2.24) is 15.0 Å². The molecule has 144 valence electrons. The van der Waals surface area contributed by atoms with Crippen molar-refractivity contribution in [3.05, 3.63) is 54.6 Å². The standard InChI is InChI=1S/C20H21FN6S/c21-16-11-14(5-6-17(16)28-15-7-9-24-10-8-15)27(13-3-1-2-4-13)19-12-18(22)25-20(23)26-19/h5-13H,1-4H2,(H4,22,23,25,26). The molecule has 1 saturated carbocycles. The number of nitrogens with two attached hydrogens (primary N) is 2. The van der Waals surface area contributed by atoms with Gasteiger partial charge in [-0.2, -0.15) is 9.97 Å². The Hall–Kier alpha value is -2.87. The lowest BCUT2D eigenvalue weighted by molar-refractivity contribution is 0.599. The van der Waals surface area contributed by atoms with Gasteiger partial charge in [-0.15, -0.1) is 0 Å². The van der Waals surface area contributed by atoms with Crippen LogP contribution in [0.25, 0.3) is 0 Å². The molecule has 0 radical (unpaired) electrons. The fourth-order valence-corrected chi connectivity index (χ4v) is 4.35. The van der Waals surface area contributed by atoms with Gasteiger partial charge < -0.3 is 16.4 Å². The van der Waals surface area contributed by atoms with Crippen LogP contribution in [0, 0.1) is 5.82 Å². The minimum Gasteiger partial charge on any atom is -0.383 e. The van der Waals surface area contributed by atoms with Crippen molar-refractivity contribution in [3.63, 3.8) is 0 Å². The summed E-state index contributed by atoms with van der Waals surface area (Å²) in [5.74, 6) is 0.738. The van der Waals surface area contributed by atoms with E-state index in [-0.39, 0.29) is 17.8 Å². The van der Waals surface area contributed by atoms with Crippen LogP contribution in [0.2, 0.25) is 0 Å². The number of nitrogens with zero attached hydrogens (tertiary/aromatic N) is 4. The number of benzene rings is 1. The van der Waals surface area contributed by atoms with E-state index in [4.69, 9.17) is 11.5 Å². The summed E-state index contributed by atoms with van der Waals surface area (Å²) in [7, 11) is 0. The summed E-state index contributed by atoms with van der Waals surface area (Å²) in [6.07, 6.45) is 7.68. The van der Waals surface area contributed by atoms with E-state index in [0.717, 1.165) is 36.3 Å². The van der Waals surface area contributed by atoms with Gasteiger partial charge in [0.05, 0.1) is 0 Å². The first kappa shape index (κ1) is 18.5. The summed E-state index contributed by atoms with van der Waals surface area (Å²) in [6.45, 7) is 0. The fourth-order valence-electron chi connectivity index (χ4n) is 3.54. The maximum absolute atomic E-state index is 14.9. The SMILES string of the molecule is Nc1cc(N(c2ccc(Sc3ccncc3)c(F)c2)C2CCCC2)nc(N)n1. The highest BCUT2D eigenvalue weighted by atomic mass is 32.2. The Morgan fingerprint density at radius 3 is 2.43 bits per heavy atom. The third kappa shape index (κ3) is 4.01. The predicted octanol–water partition coefficient (Wildman–Crippen LogP) is 4.41. The van der Waals surface area contributed by atoms with Crippen LogP contribution >= 0.6 is 11.8 Å². The minimum absolute atomic E-state index is 0.114. The molecule has 0 amide bonds. The van der Waals surface area contributed by atoms with Gasteiger partial charge in [0.25, 0.3) is 0 Å². The quantitative estimate of drug-likeness (QED) is 0.660. The third-order valence-corrected chi connectivity index (χ3v) is 5.82. The Kier molecular flexibility index (Phi) is 5.29. The number of rotatable bonds is 5. The Morgan fingerprint density at radius 1 is 1.00 bits per heavy atom. The molecule has 3 aromatic rings. The first-order chi connectivity index (χ1) is 13.6. The van der Waals surface area contributed by atoms with E-state index in [1.54, 1.807) is 30.6 Å². The molecule has 0 saturated heterocycles. The van der Waals surface area contributed by atoms with Gasteiger partial charge in [0.1, 0.15) is 17.5 Å². The average molecular weight is 396 g/mol. The molecule has 2 heterocycles. The zero-order valence-electron chi connectivity index (χ0n) is 15.3. The number of pyridine rings is 1. The molecular weight excluding hydrogens is 375 g/mol. The van der Waals surface area contributed by atoms with Crippen LogP contribution in [0.3, 0.4) is 0 Å². The summed E-state index contributed by atoms with van der Waals surface area (Å²) >= 11 is 1.37. The van der Waals surface area contributed by atoms with Gasteiger partial charge >= 0.3 is 0 Å². The highest BCUT2D eigenvalue weighted by molar-refractivity contribution is 7.99. The van der Waals surface area contributed by atoms with E-state index >= 15 is 0 Å². The summed E-state index contributed by atoms with van der Waals surface area (Å²) < 4.78 is 14.9. The lowest BCUT2D eigenvalue weighted by Gasteiger charge is -2.30. The highest BCUT2D eigenvalue weighted by Gasteiger charge is 2.26. The zero-order valence-corrected chi connectivity index (χ0v) is 16.1. The van der Waals surface area contributed by atoms with E-state index in [1.807, 2.05) is 23.1 Å². The number of hydrogen-bond acceptors (Lipinski definition) is 7. The largest absolute Gasteiger partial charge is 0.383 e. The van der Waals surface area contributed by atoms with Crippen molar-refractivity contribution >= 4 is 35.0 Å². The van der Waals surface area contributed by atoms with E-state index < -0.39 is 0 Å². The highest BCUT2D eigenvalue weighted by Crippen LogP contribution is 2.37. The summed E-state index contributed by atoms with van der Waals surface area (Å²) in [5.41, 5.74) is 12.4. The molecule has 1 aliphatic carbocycles. The van der Waals surface area contributed by atoms with Crippen LogP contribution in [0.5, 0.6) is 0 Å². The molecule has 4 rings (SSSR count). The van der Waals surface area contributed by atoms with Crippen molar-refractivity contribution in [2.45, 2.75) is 41.5 Å². The van der Waals surface area contributed by atoms with Crippen LogP contribution in [-0.4, -0.2) is 21.0 Å². The van der Waals surface area contributed by atoms with Gasteiger partial charge in [-0.25, -0.2) is 4.39 Å². The molecule has 0 spiro atoms. The summed E-state index contributed by atoms with van der Waals surface area (Å²) in [4.78, 5) is 15.8. The van der Waals surface area contributed by atoms with Gasteiger partial charge in [-0.1, -0.05) is 24.6 Å². The Labute approximate surface area is 167 Å². The van der Waals surface area contributed by atoms with Crippen molar-refractivity contribution < 1.29 is 4.39 Å². The van der Waals surface area contributed by atoms with E-state index in [9.17, 15) is 4.39 Å². The lowest BCUT2D eigenvalue weighted by Crippen LogP contribution is -2.29. The van der Waals surface area contributed by atoms with Gasteiger partial charge in [0.2, 0.25) is 5.95 Å². The molecular formula is C20H21FN6S. The second-order valence-corrected chi connectivity index (χ2v) is 7.83. The van der Waals surface area contributed by atoms with Gasteiger partial charge in [0.15, 0.2) is 0 Å². The van der Waals surface area contributed by atoms with Gasteiger partial charge in [-0.05, 0) is 43.2 Å². The summed E-state index contributed by atoms with van der Waals surface area (Å²) in [5, 5.41) is 0. The second kappa shape index (κ2) is 8.02. The average Bonchev–Trinajstić information content (AvgIpc) is 3.18. The molecule has 4 N–H and O–H groups in total. The minimum atomic E-state index is -0.280. The molecule has 1 aliphatic rings. The van der Waals surface area contributed by atoms with Crippen LogP contribution in [0.15, 0.2) is 58.6 Å². The molecule has 0 atom stereocenters. The van der Waals surface area contributed by atoms with Crippen LogP contribution < -0.4 is 16.4 Å². The third-order valence-electron chi connectivity index (χ3n) is 4.76. The molecule has 0 unspecified atom stereocenters. The van der Waals surface area contributed by atoms with Gasteiger partial charge in [0, 0.05) is 40.0 Å². The number of anilines is 4.